The highest BCUT2D eigenvalue weighted by Gasteiger charge is 2.12. The van der Waals surface area contributed by atoms with Gasteiger partial charge < -0.3 is 19.7 Å². The van der Waals surface area contributed by atoms with Gasteiger partial charge in [-0.15, -0.1) is 0 Å². The minimum Gasteiger partial charge on any atom is -0.481 e. The van der Waals surface area contributed by atoms with Crippen LogP contribution in [0.3, 0.4) is 0 Å². The first kappa shape index (κ1) is 31.2. The summed E-state index contributed by atoms with van der Waals surface area (Å²) in [5.74, 6) is -3.98. The third kappa shape index (κ3) is 22.4. The summed E-state index contributed by atoms with van der Waals surface area (Å²) in [4.78, 5) is 67.3. The third-order valence-electron chi connectivity index (χ3n) is 5.01. The maximum atomic E-state index is 11.7. The van der Waals surface area contributed by atoms with Gasteiger partial charge in [-0.2, -0.15) is 0 Å². The van der Waals surface area contributed by atoms with E-state index in [0.29, 0.717) is 77.0 Å². The summed E-state index contributed by atoms with van der Waals surface area (Å²) in [6, 6.07) is 0. The highest BCUT2D eigenvalue weighted by atomic mass is 16.6. The highest BCUT2D eigenvalue weighted by Crippen LogP contribution is 2.10. The van der Waals surface area contributed by atoms with E-state index in [9.17, 15) is 28.8 Å². The summed E-state index contributed by atoms with van der Waals surface area (Å²) >= 11 is 0. The fourth-order valence-electron chi connectivity index (χ4n) is 3.15. The Balaban J connectivity index is 3.58. The van der Waals surface area contributed by atoms with E-state index in [1.54, 1.807) is 0 Å². The quantitative estimate of drug-likeness (QED) is 0.136. The molecule has 194 valence electrons. The molecule has 0 saturated heterocycles. The zero-order valence-electron chi connectivity index (χ0n) is 19.9. The Bertz CT molecular complexity index is 600. The number of carbonyl (C=O) groups excluding carboxylic acids is 4. The van der Waals surface area contributed by atoms with Crippen LogP contribution in [-0.2, 0) is 38.2 Å². The molecular weight excluding hydrogens is 448 g/mol. The monoisotopic (exact) mass is 486 g/mol. The van der Waals surface area contributed by atoms with E-state index in [0.717, 1.165) is 0 Å². The van der Waals surface area contributed by atoms with Crippen molar-refractivity contribution in [3.05, 3.63) is 0 Å². The third-order valence-corrected chi connectivity index (χ3v) is 5.01. The van der Waals surface area contributed by atoms with Gasteiger partial charge >= 0.3 is 35.8 Å². The average Bonchev–Trinajstić information content (AvgIpc) is 2.75. The molecular formula is C24H38O10. The molecule has 0 aliphatic heterocycles. The second-order valence-electron chi connectivity index (χ2n) is 8.22. The van der Waals surface area contributed by atoms with Gasteiger partial charge in [0.25, 0.3) is 0 Å². The lowest BCUT2D eigenvalue weighted by atomic mass is 10.1. The molecule has 0 atom stereocenters. The summed E-state index contributed by atoms with van der Waals surface area (Å²) in [5, 5.41) is 17.1. The predicted octanol–water partition coefficient (Wildman–Crippen LogP) is 4.32. The van der Waals surface area contributed by atoms with Crippen LogP contribution in [0.5, 0.6) is 0 Å². The molecule has 0 saturated carbocycles. The van der Waals surface area contributed by atoms with E-state index >= 15 is 0 Å². The van der Waals surface area contributed by atoms with Crippen molar-refractivity contribution in [1.29, 1.82) is 0 Å². The average molecular weight is 487 g/mol. The van der Waals surface area contributed by atoms with Gasteiger partial charge in [0.2, 0.25) is 0 Å². The first-order valence-corrected chi connectivity index (χ1v) is 12.1. The van der Waals surface area contributed by atoms with Gasteiger partial charge in [0.1, 0.15) is 0 Å². The normalized spacial score (nSPS) is 10.5. The van der Waals surface area contributed by atoms with Crippen molar-refractivity contribution in [3.63, 3.8) is 0 Å². The molecule has 0 fully saturated rings. The lowest BCUT2D eigenvalue weighted by molar-refractivity contribution is -0.161. The summed E-state index contributed by atoms with van der Waals surface area (Å²) in [7, 11) is 0. The zero-order valence-corrected chi connectivity index (χ0v) is 19.9. The fraction of sp³-hybridized carbons (Fsp3) is 0.750. The molecule has 0 aliphatic rings. The van der Waals surface area contributed by atoms with E-state index in [-0.39, 0.29) is 38.5 Å². The molecule has 0 radical (unpaired) electrons. The van der Waals surface area contributed by atoms with Gasteiger partial charge in [0.15, 0.2) is 0 Å². The van der Waals surface area contributed by atoms with Gasteiger partial charge in [-0.05, 0) is 38.5 Å². The number of aliphatic carboxylic acids is 2. The zero-order chi connectivity index (χ0) is 25.6. The number of hydrogen-bond acceptors (Lipinski definition) is 8. The van der Waals surface area contributed by atoms with Crippen molar-refractivity contribution in [3.8, 4) is 0 Å². The van der Waals surface area contributed by atoms with Crippen LogP contribution in [-0.4, -0.2) is 46.0 Å². The Labute approximate surface area is 200 Å². The predicted molar refractivity (Wildman–Crippen MR) is 121 cm³/mol. The molecule has 2 N–H and O–H groups in total. The summed E-state index contributed by atoms with van der Waals surface area (Å²) in [5.41, 5.74) is 0. The molecule has 0 aliphatic carbocycles. The van der Waals surface area contributed by atoms with Crippen molar-refractivity contribution in [1.82, 2.24) is 0 Å². The van der Waals surface area contributed by atoms with Gasteiger partial charge in [0, 0.05) is 38.5 Å². The highest BCUT2D eigenvalue weighted by molar-refractivity contribution is 5.85. The number of carbonyl (C=O) groups is 6. The lowest BCUT2D eigenvalue weighted by Gasteiger charge is -2.05. The number of rotatable bonds is 21. The van der Waals surface area contributed by atoms with E-state index in [1.165, 1.54) is 0 Å². The first-order valence-electron chi connectivity index (χ1n) is 12.1. The summed E-state index contributed by atoms with van der Waals surface area (Å²) in [6.45, 7) is 0. The van der Waals surface area contributed by atoms with Gasteiger partial charge in [0.05, 0.1) is 0 Å². The Morgan fingerprint density at radius 2 is 0.559 bits per heavy atom. The van der Waals surface area contributed by atoms with Crippen molar-refractivity contribution >= 4 is 35.8 Å². The lowest BCUT2D eigenvalue weighted by Crippen LogP contribution is -2.12. The topological polar surface area (TPSA) is 161 Å². The maximum Gasteiger partial charge on any atom is 0.313 e. The smallest absolute Gasteiger partial charge is 0.313 e. The van der Waals surface area contributed by atoms with Crippen molar-refractivity contribution in [2.24, 2.45) is 0 Å². The van der Waals surface area contributed by atoms with E-state index in [1.807, 2.05) is 0 Å². The van der Waals surface area contributed by atoms with Crippen LogP contribution in [0.15, 0.2) is 0 Å². The summed E-state index contributed by atoms with van der Waals surface area (Å²) < 4.78 is 9.48. The van der Waals surface area contributed by atoms with Crippen LogP contribution in [0.2, 0.25) is 0 Å². The molecule has 0 bridgehead atoms. The minimum absolute atomic E-state index is 0.111. The molecule has 0 aromatic heterocycles. The molecule has 10 heteroatoms. The van der Waals surface area contributed by atoms with Gasteiger partial charge in [-0.25, -0.2) is 0 Å². The molecule has 0 aromatic rings. The first-order chi connectivity index (χ1) is 16.2. The van der Waals surface area contributed by atoms with Crippen LogP contribution in [0, 0.1) is 0 Å². The maximum absolute atomic E-state index is 11.7. The molecule has 0 spiro atoms. The summed E-state index contributed by atoms with van der Waals surface area (Å²) in [6.07, 6.45) is 8.17. The Hall–Kier alpha value is -2.78. The van der Waals surface area contributed by atoms with Gasteiger partial charge in [-0.3, -0.25) is 28.8 Å². The Morgan fingerprint density at radius 1 is 0.353 bits per heavy atom. The van der Waals surface area contributed by atoms with E-state index in [2.05, 4.69) is 0 Å². The number of ether oxygens (including phenoxy) is 2. The molecule has 34 heavy (non-hydrogen) atoms. The van der Waals surface area contributed by atoms with Crippen LogP contribution in [0.4, 0.5) is 0 Å². The fourth-order valence-corrected chi connectivity index (χ4v) is 3.15. The van der Waals surface area contributed by atoms with Crippen LogP contribution in [0.25, 0.3) is 0 Å². The minimum atomic E-state index is -0.838. The van der Waals surface area contributed by atoms with E-state index in [4.69, 9.17) is 19.7 Å². The molecule has 0 unspecified atom stereocenters. The largest absolute Gasteiger partial charge is 0.481 e. The molecule has 0 aromatic carbocycles. The number of unbranched alkanes of at least 4 members (excludes halogenated alkanes) is 9. The number of carboxylic acids is 2. The molecule has 0 rings (SSSR count). The van der Waals surface area contributed by atoms with Crippen molar-refractivity contribution < 1.29 is 48.5 Å². The molecule has 0 heterocycles. The van der Waals surface area contributed by atoms with Crippen molar-refractivity contribution in [2.45, 2.75) is 116 Å². The number of carboxylic acid groups (broad SMARTS) is 2. The van der Waals surface area contributed by atoms with Gasteiger partial charge in [-0.1, -0.05) is 38.5 Å². The molecule has 0 amide bonds. The Kier molecular flexibility index (Phi) is 19.1. The van der Waals surface area contributed by atoms with Crippen LogP contribution >= 0.6 is 0 Å². The number of esters is 4. The second-order valence-corrected chi connectivity index (χ2v) is 8.22. The van der Waals surface area contributed by atoms with Crippen LogP contribution in [0.1, 0.15) is 116 Å². The van der Waals surface area contributed by atoms with Crippen LogP contribution < -0.4 is 0 Å². The SMILES string of the molecule is O=C(O)CCCCCCC(=O)OC(=O)CCCCCCC(=O)OC(=O)CCCCCCC(=O)O. The van der Waals surface area contributed by atoms with Crippen molar-refractivity contribution in [2.75, 3.05) is 0 Å². The molecule has 10 nitrogen and oxygen atoms in total. The van der Waals surface area contributed by atoms with E-state index < -0.39 is 35.8 Å². The standard InChI is InChI=1S/C24H38O10/c25-19(26)13-7-1-3-9-15-21(29)33-23(31)17-11-5-6-12-18-24(32)34-22(30)16-10-4-2-8-14-20(27)28/h1-18H2,(H,25,26)(H,27,28). The Morgan fingerprint density at radius 3 is 0.765 bits per heavy atom. The number of hydrogen-bond donors (Lipinski definition) is 2. The second kappa shape index (κ2) is 20.8.